The van der Waals surface area contributed by atoms with Gasteiger partial charge in [0.05, 0.1) is 6.04 Å². The summed E-state index contributed by atoms with van der Waals surface area (Å²) in [5.74, 6) is -0.229. The van der Waals surface area contributed by atoms with Crippen LogP contribution in [0.25, 0.3) is 0 Å². The number of rotatable bonds is 10. The van der Waals surface area contributed by atoms with Crippen molar-refractivity contribution in [3.8, 4) is 0 Å². The predicted molar refractivity (Wildman–Crippen MR) is 89.1 cm³/mol. The smallest absolute Gasteiger partial charge is 0.235 e. The van der Waals surface area contributed by atoms with Crippen LogP contribution in [0.1, 0.15) is 34.6 Å². The molecule has 0 aliphatic heterocycles. The molecule has 0 rings (SSSR count). The van der Waals surface area contributed by atoms with Gasteiger partial charge in [0, 0.05) is 17.4 Å². The molecule has 0 saturated carbocycles. The highest BCUT2D eigenvalue weighted by atomic mass is 33.1. The summed E-state index contributed by atoms with van der Waals surface area (Å²) in [6.07, 6.45) is 0. The van der Waals surface area contributed by atoms with E-state index in [1.807, 2.05) is 20.8 Å². The second kappa shape index (κ2) is 9.32. The van der Waals surface area contributed by atoms with Crippen molar-refractivity contribution in [3.63, 3.8) is 0 Å². The van der Waals surface area contributed by atoms with E-state index >= 15 is 0 Å². The fraction of sp³-hybridized carbons (Fsp3) is 0.769. The highest BCUT2D eigenvalue weighted by Gasteiger charge is 2.35. The van der Waals surface area contributed by atoms with E-state index in [1.165, 1.54) is 35.4 Å². The Morgan fingerprint density at radius 3 is 2.19 bits per heavy atom. The number of hydrogen-bond donors (Lipinski definition) is 3. The third-order valence-electron chi connectivity index (χ3n) is 2.75. The maximum atomic E-state index is 11.7. The molecule has 2 atom stereocenters. The topological polar surface area (TPSA) is 101 Å². The van der Waals surface area contributed by atoms with Gasteiger partial charge >= 0.3 is 0 Å². The van der Waals surface area contributed by atoms with Gasteiger partial charge in [0.1, 0.15) is 6.04 Å². The minimum absolute atomic E-state index is 0.0959. The molecule has 122 valence electrons. The van der Waals surface area contributed by atoms with Crippen molar-refractivity contribution in [1.82, 2.24) is 10.6 Å². The van der Waals surface area contributed by atoms with Crippen molar-refractivity contribution >= 4 is 39.2 Å². The van der Waals surface area contributed by atoms with Crippen LogP contribution in [0.5, 0.6) is 0 Å². The molecule has 0 aromatic carbocycles. The predicted octanol–water partition coefficient (Wildman–Crippen LogP) is 0.704. The number of primary amides is 1. The van der Waals surface area contributed by atoms with E-state index in [0.717, 1.165) is 0 Å². The van der Waals surface area contributed by atoms with Crippen molar-refractivity contribution < 1.29 is 14.4 Å². The highest BCUT2D eigenvalue weighted by Crippen LogP contribution is 2.38. The first-order chi connectivity index (χ1) is 9.61. The number of nitrogens with two attached hydrogens (primary N) is 1. The quantitative estimate of drug-likeness (QED) is 0.508. The van der Waals surface area contributed by atoms with Crippen molar-refractivity contribution in [2.45, 2.75) is 51.4 Å². The SMILES string of the molecule is CCNC(CSSC(C)(C)C(NC(C)=O)C(C)=O)C(N)=O. The van der Waals surface area contributed by atoms with Crippen LogP contribution in [0.2, 0.25) is 0 Å². The Kier molecular flexibility index (Phi) is 9.00. The van der Waals surface area contributed by atoms with Crippen LogP contribution in [0, 0.1) is 0 Å². The summed E-state index contributed by atoms with van der Waals surface area (Å²) in [6.45, 7) is 9.18. The number of ketones is 1. The number of nitrogens with one attached hydrogen (secondary N) is 2. The molecular formula is C13H25N3O3S2. The molecule has 21 heavy (non-hydrogen) atoms. The van der Waals surface area contributed by atoms with Gasteiger partial charge in [-0.05, 0) is 27.3 Å². The lowest BCUT2D eigenvalue weighted by Gasteiger charge is -2.32. The summed E-state index contributed by atoms with van der Waals surface area (Å²) < 4.78 is -0.490. The number of amides is 2. The Hall–Kier alpha value is -0.730. The fourth-order valence-electron chi connectivity index (χ4n) is 1.76. The van der Waals surface area contributed by atoms with Gasteiger partial charge in [-0.25, -0.2) is 0 Å². The number of hydrogen-bond acceptors (Lipinski definition) is 6. The molecule has 6 nitrogen and oxygen atoms in total. The maximum Gasteiger partial charge on any atom is 0.235 e. The molecule has 0 bridgehead atoms. The van der Waals surface area contributed by atoms with Crippen LogP contribution in [-0.4, -0.2) is 46.7 Å². The molecule has 2 unspecified atom stereocenters. The van der Waals surface area contributed by atoms with Gasteiger partial charge in [0.2, 0.25) is 11.8 Å². The first-order valence-corrected chi connectivity index (χ1v) is 9.04. The molecule has 0 spiro atoms. The monoisotopic (exact) mass is 335 g/mol. The summed E-state index contributed by atoms with van der Waals surface area (Å²) in [4.78, 5) is 34.2. The second-order valence-electron chi connectivity index (χ2n) is 5.23. The van der Waals surface area contributed by atoms with Crippen LogP contribution < -0.4 is 16.4 Å². The van der Waals surface area contributed by atoms with E-state index in [9.17, 15) is 14.4 Å². The summed E-state index contributed by atoms with van der Waals surface area (Å²) >= 11 is 0. The van der Waals surface area contributed by atoms with E-state index in [-0.39, 0.29) is 11.7 Å². The van der Waals surface area contributed by atoms with Gasteiger partial charge in [-0.3, -0.25) is 14.4 Å². The lowest BCUT2D eigenvalue weighted by Crippen LogP contribution is -2.51. The average Bonchev–Trinajstić information content (AvgIpc) is 2.33. The minimum Gasteiger partial charge on any atom is -0.368 e. The van der Waals surface area contributed by atoms with Crippen molar-refractivity contribution in [3.05, 3.63) is 0 Å². The molecule has 0 aliphatic carbocycles. The van der Waals surface area contributed by atoms with Gasteiger partial charge in [-0.1, -0.05) is 28.5 Å². The van der Waals surface area contributed by atoms with Gasteiger partial charge in [-0.15, -0.1) is 0 Å². The minimum atomic E-state index is -0.571. The van der Waals surface area contributed by atoms with Gasteiger partial charge in [-0.2, -0.15) is 0 Å². The van der Waals surface area contributed by atoms with Crippen molar-refractivity contribution in [2.75, 3.05) is 12.3 Å². The first-order valence-electron chi connectivity index (χ1n) is 6.72. The maximum absolute atomic E-state index is 11.7. The highest BCUT2D eigenvalue weighted by molar-refractivity contribution is 8.77. The zero-order chi connectivity index (χ0) is 16.6. The summed E-state index contributed by atoms with van der Waals surface area (Å²) in [6, 6.07) is -0.974. The van der Waals surface area contributed by atoms with E-state index in [1.54, 1.807) is 0 Å². The normalized spacial score (nSPS) is 14.3. The molecule has 0 aromatic rings. The van der Waals surface area contributed by atoms with Crippen molar-refractivity contribution in [1.29, 1.82) is 0 Å². The molecule has 0 aliphatic rings. The standard InChI is InChI=1S/C13H25N3O3S2/c1-6-15-10(12(14)19)7-20-21-13(4,5)11(8(2)17)16-9(3)18/h10-11,15H,6-7H2,1-5H3,(H2,14,19)(H,16,18). The molecule has 0 heterocycles. The van der Waals surface area contributed by atoms with E-state index in [4.69, 9.17) is 5.73 Å². The molecule has 8 heteroatoms. The summed E-state index contributed by atoms with van der Waals surface area (Å²) in [7, 11) is 2.92. The van der Waals surface area contributed by atoms with Gasteiger partial charge < -0.3 is 16.4 Å². The summed E-state index contributed by atoms with van der Waals surface area (Å²) in [5, 5.41) is 5.68. The first kappa shape index (κ1) is 20.3. The fourth-order valence-corrected chi connectivity index (χ4v) is 4.68. The van der Waals surface area contributed by atoms with Gasteiger partial charge in [0.25, 0.3) is 0 Å². The average molecular weight is 335 g/mol. The van der Waals surface area contributed by atoms with Crippen molar-refractivity contribution in [2.24, 2.45) is 5.73 Å². The van der Waals surface area contributed by atoms with Crippen LogP contribution in [0.3, 0.4) is 0 Å². The Bertz CT molecular complexity index is 389. The lowest BCUT2D eigenvalue weighted by atomic mass is 10.00. The molecular weight excluding hydrogens is 310 g/mol. The molecule has 0 fully saturated rings. The number of carbonyl (C=O) groups is 3. The lowest BCUT2D eigenvalue weighted by molar-refractivity contribution is -0.126. The Labute approximate surface area is 134 Å². The molecule has 0 radical (unpaired) electrons. The largest absolute Gasteiger partial charge is 0.368 e. The zero-order valence-electron chi connectivity index (χ0n) is 13.2. The number of likely N-dealkylation sites (N-methyl/N-ethyl adjacent to an activating group) is 1. The molecule has 2 amide bonds. The van der Waals surface area contributed by atoms with E-state index < -0.39 is 22.7 Å². The van der Waals surface area contributed by atoms with Crippen LogP contribution in [0.15, 0.2) is 0 Å². The number of carbonyl (C=O) groups excluding carboxylic acids is 3. The number of Topliss-reactive ketones (excluding diaryl/α,β-unsaturated/α-hetero) is 1. The third kappa shape index (κ3) is 7.73. The van der Waals surface area contributed by atoms with Crippen LogP contribution >= 0.6 is 21.6 Å². The molecule has 4 N–H and O–H groups in total. The van der Waals surface area contributed by atoms with Crippen LogP contribution in [0.4, 0.5) is 0 Å². The Balaban J connectivity index is 4.60. The van der Waals surface area contributed by atoms with Crippen LogP contribution in [-0.2, 0) is 14.4 Å². The zero-order valence-corrected chi connectivity index (χ0v) is 14.8. The van der Waals surface area contributed by atoms with Gasteiger partial charge in [0.15, 0.2) is 5.78 Å². The molecule has 0 saturated heterocycles. The Morgan fingerprint density at radius 2 is 1.81 bits per heavy atom. The second-order valence-corrected chi connectivity index (χ2v) is 8.22. The van der Waals surface area contributed by atoms with E-state index in [0.29, 0.717) is 12.3 Å². The Morgan fingerprint density at radius 1 is 1.24 bits per heavy atom. The summed E-state index contributed by atoms with van der Waals surface area (Å²) in [5.41, 5.74) is 5.31. The van der Waals surface area contributed by atoms with E-state index in [2.05, 4.69) is 10.6 Å². The third-order valence-corrected chi connectivity index (χ3v) is 6.05. The molecule has 0 aromatic heterocycles.